The smallest absolute Gasteiger partial charge is 0.169 e. The molecule has 1 radical (unpaired) electrons. The van der Waals surface area contributed by atoms with Crippen LogP contribution in [-0.2, 0) is 13.0 Å². The number of hydrogen-bond acceptors (Lipinski definition) is 2. The predicted octanol–water partition coefficient (Wildman–Crippen LogP) is 3.54. The molecule has 4 heteroatoms. The molecule has 3 nitrogen and oxygen atoms in total. The largest absolute Gasteiger partial charge is 0.320 e. The summed E-state index contributed by atoms with van der Waals surface area (Å²) < 4.78 is 1.90. The first kappa shape index (κ1) is 13.8. The Hall–Kier alpha value is -1.61. The molecule has 99 valence electrons. The molecule has 0 aliphatic heterocycles. The van der Waals surface area contributed by atoms with Crippen molar-refractivity contribution in [3.63, 3.8) is 0 Å². The highest BCUT2D eigenvalue weighted by molar-refractivity contribution is 6.31. The number of rotatable bonds is 6. The molecule has 0 fully saturated rings. The van der Waals surface area contributed by atoms with Gasteiger partial charge in [-0.15, -0.1) is 0 Å². The van der Waals surface area contributed by atoms with Gasteiger partial charge in [0.25, 0.3) is 0 Å². The van der Waals surface area contributed by atoms with Gasteiger partial charge in [0.15, 0.2) is 11.4 Å². The molecule has 0 amide bonds. The van der Waals surface area contributed by atoms with E-state index in [0.717, 1.165) is 36.9 Å². The Bertz CT molecular complexity index is 549. The van der Waals surface area contributed by atoms with Crippen LogP contribution in [-0.4, -0.2) is 15.8 Å². The van der Waals surface area contributed by atoms with Crippen LogP contribution in [0.2, 0.25) is 5.15 Å². The maximum atomic E-state index is 11.2. The van der Waals surface area contributed by atoms with Crippen molar-refractivity contribution in [2.75, 3.05) is 0 Å². The van der Waals surface area contributed by atoms with E-state index in [-0.39, 0.29) is 0 Å². The molecule has 2 rings (SSSR count). The van der Waals surface area contributed by atoms with Gasteiger partial charge in [0.1, 0.15) is 11.5 Å². The van der Waals surface area contributed by atoms with E-state index in [1.165, 1.54) is 0 Å². The molecule has 0 saturated carbocycles. The summed E-state index contributed by atoms with van der Waals surface area (Å²) in [6, 6.07) is 10.7. The summed E-state index contributed by atoms with van der Waals surface area (Å²) in [5.41, 5.74) is 1.56. The molecule has 0 bridgehead atoms. The Balaban J connectivity index is 2.33. The molecule has 1 aromatic carbocycles. The highest BCUT2D eigenvalue weighted by atomic mass is 35.5. The summed E-state index contributed by atoms with van der Waals surface area (Å²) in [7, 11) is 0. The molecule has 0 aliphatic rings. The molecular weight excluding hydrogens is 260 g/mol. The molecule has 0 atom stereocenters. The lowest BCUT2D eigenvalue weighted by atomic mass is 10.2. The number of imidazole rings is 1. The number of aldehydes is 1. The predicted molar refractivity (Wildman–Crippen MR) is 75.6 cm³/mol. The van der Waals surface area contributed by atoms with E-state index < -0.39 is 0 Å². The Morgan fingerprint density at radius 1 is 1.42 bits per heavy atom. The first-order chi connectivity index (χ1) is 9.26. The fourth-order valence-corrected chi connectivity index (χ4v) is 2.25. The lowest BCUT2D eigenvalue weighted by molar-refractivity contribution is 0.111. The number of nitrogens with zero attached hydrogens (tertiary/aromatic N) is 2. The summed E-state index contributed by atoms with van der Waals surface area (Å²) >= 11 is 6.03. The molecular formula is C15H16ClN2O. The zero-order valence-electron chi connectivity index (χ0n) is 10.9. The number of halogens is 1. The maximum absolute atomic E-state index is 11.2. The van der Waals surface area contributed by atoms with Crippen LogP contribution in [0.15, 0.2) is 24.3 Å². The van der Waals surface area contributed by atoms with E-state index >= 15 is 0 Å². The Morgan fingerprint density at radius 2 is 2.16 bits per heavy atom. The van der Waals surface area contributed by atoms with Crippen LogP contribution in [0.4, 0.5) is 0 Å². The molecule has 1 heterocycles. The van der Waals surface area contributed by atoms with Crippen molar-refractivity contribution < 1.29 is 4.79 Å². The van der Waals surface area contributed by atoms with Crippen LogP contribution in [0, 0.1) is 6.07 Å². The zero-order chi connectivity index (χ0) is 13.7. The second-order valence-electron chi connectivity index (χ2n) is 4.42. The van der Waals surface area contributed by atoms with Crippen molar-refractivity contribution in [2.24, 2.45) is 0 Å². The summed E-state index contributed by atoms with van der Waals surface area (Å²) in [6.45, 7) is 2.74. The fourth-order valence-electron chi connectivity index (χ4n) is 2.01. The minimum Gasteiger partial charge on any atom is -0.320 e. The maximum Gasteiger partial charge on any atom is 0.169 e. The van der Waals surface area contributed by atoms with Gasteiger partial charge in [0, 0.05) is 13.0 Å². The topological polar surface area (TPSA) is 34.9 Å². The second kappa shape index (κ2) is 6.53. The van der Waals surface area contributed by atoms with Crippen molar-refractivity contribution in [2.45, 2.75) is 32.7 Å². The van der Waals surface area contributed by atoms with Crippen LogP contribution in [0.5, 0.6) is 0 Å². The third-order valence-electron chi connectivity index (χ3n) is 3.03. The van der Waals surface area contributed by atoms with Crippen molar-refractivity contribution in [3.8, 4) is 0 Å². The highest BCUT2D eigenvalue weighted by Crippen LogP contribution is 2.19. The average molecular weight is 276 g/mol. The monoisotopic (exact) mass is 275 g/mol. The number of aryl methyl sites for hydroxylation is 1. The Morgan fingerprint density at radius 3 is 2.79 bits per heavy atom. The summed E-state index contributed by atoms with van der Waals surface area (Å²) in [5, 5.41) is 0.295. The molecule has 2 aromatic rings. The van der Waals surface area contributed by atoms with E-state index in [1.807, 2.05) is 28.8 Å². The molecule has 19 heavy (non-hydrogen) atoms. The molecule has 0 N–H and O–H groups in total. The van der Waals surface area contributed by atoms with Crippen LogP contribution in [0.1, 0.15) is 41.6 Å². The van der Waals surface area contributed by atoms with Gasteiger partial charge in [0.05, 0.1) is 0 Å². The van der Waals surface area contributed by atoms with Gasteiger partial charge in [-0.25, -0.2) is 4.98 Å². The van der Waals surface area contributed by atoms with Crippen molar-refractivity contribution in [1.29, 1.82) is 0 Å². The van der Waals surface area contributed by atoms with Crippen molar-refractivity contribution in [1.82, 2.24) is 9.55 Å². The van der Waals surface area contributed by atoms with Crippen molar-refractivity contribution in [3.05, 3.63) is 52.6 Å². The second-order valence-corrected chi connectivity index (χ2v) is 4.78. The van der Waals surface area contributed by atoms with Gasteiger partial charge >= 0.3 is 0 Å². The van der Waals surface area contributed by atoms with Crippen LogP contribution >= 0.6 is 11.6 Å². The normalized spacial score (nSPS) is 10.6. The van der Waals surface area contributed by atoms with Gasteiger partial charge in [-0.1, -0.05) is 49.2 Å². The highest BCUT2D eigenvalue weighted by Gasteiger charge is 2.14. The van der Waals surface area contributed by atoms with Crippen LogP contribution in [0.25, 0.3) is 0 Å². The summed E-state index contributed by atoms with van der Waals surface area (Å²) in [4.78, 5) is 15.5. The van der Waals surface area contributed by atoms with E-state index in [4.69, 9.17) is 11.6 Å². The number of unbranched alkanes of at least 4 members (excludes halogenated alkanes) is 1. The van der Waals surface area contributed by atoms with Gasteiger partial charge < -0.3 is 4.57 Å². The van der Waals surface area contributed by atoms with E-state index in [9.17, 15) is 4.79 Å². The average Bonchev–Trinajstić information content (AvgIpc) is 2.73. The van der Waals surface area contributed by atoms with Gasteiger partial charge in [-0.05, 0) is 18.1 Å². The zero-order valence-corrected chi connectivity index (χ0v) is 11.7. The van der Waals surface area contributed by atoms with Gasteiger partial charge in [-0.2, -0.15) is 0 Å². The first-order valence-corrected chi connectivity index (χ1v) is 6.79. The lowest BCUT2D eigenvalue weighted by Gasteiger charge is -2.09. The number of carbonyl (C=O) groups is 1. The van der Waals surface area contributed by atoms with Crippen LogP contribution < -0.4 is 0 Å². The minimum absolute atomic E-state index is 0.295. The number of aromatic nitrogens is 2. The standard InChI is InChI=1S/C15H16ClN2O/c1-2-3-9-14-17-15(16)13(11-19)18(14)10-12-7-5-4-6-8-12/h5-8,11H,2-3,9-10H2,1H3. The van der Waals surface area contributed by atoms with Gasteiger partial charge in [0.2, 0.25) is 0 Å². The van der Waals surface area contributed by atoms with Crippen molar-refractivity contribution >= 4 is 17.9 Å². The number of carbonyl (C=O) groups excluding carboxylic acids is 1. The molecule has 0 aliphatic carbocycles. The summed E-state index contributed by atoms with van der Waals surface area (Å²) in [6.07, 6.45) is 3.73. The van der Waals surface area contributed by atoms with Gasteiger partial charge in [-0.3, -0.25) is 4.79 Å². The molecule has 0 spiro atoms. The molecule has 0 unspecified atom stereocenters. The summed E-state index contributed by atoms with van der Waals surface area (Å²) in [5.74, 6) is 0.877. The van der Waals surface area contributed by atoms with E-state index in [2.05, 4.69) is 18.0 Å². The third-order valence-corrected chi connectivity index (χ3v) is 3.31. The third kappa shape index (κ3) is 3.24. The number of benzene rings is 1. The fraction of sp³-hybridized carbons (Fsp3) is 0.333. The minimum atomic E-state index is 0.295. The first-order valence-electron chi connectivity index (χ1n) is 6.41. The van der Waals surface area contributed by atoms with E-state index in [0.29, 0.717) is 17.4 Å². The SMILES string of the molecule is CCCCc1nc(Cl)c(C=O)n1Cc1cc[c]cc1. The Kier molecular flexibility index (Phi) is 4.74. The number of hydrogen-bond donors (Lipinski definition) is 0. The quantitative estimate of drug-likeness (QED) is 0.756. The van der Waals surface area contributed by atoms with E-state index in [1.54, 1.807) is 0 Å². The molecule has 1 aromatic heterocycles. The Labute approximate surface area is 118 Å². The molecule has 0 saturated heterocycles. The lowest BCUT2D eigenvalue weighted by Crippen LogP contribution is -2.08. The van der Waals surface area contributed by atoms with Crippen LogP contribution in [0.3, 0.4) is 0 Å².